The maximum Gasteiger partial charge on any atom is 0.222 e. The number of nitrogens with one attached hydrogen (secondary N) is 1. The summed E-state index contributed by atoms with van der Waals surface area (Å²) < 4.78 is 0. The standard InChI is InChI=1S/C15H22N2O/c1-10-3-5-12(6-4-10)11(2)17-15(18)9-14(16)13-7-8-13/h3-6,11,13-14H,7-9,16H2,1-2H3,(H,17,18). The van der Waals surface area contributed by atoms with Gasteiger partial charge < -0.3 is 11.1 Å². The minimum absolute atomic E-state index is 0.0372. The van der Waals surface area contributed by atoms with Crippen LogP contribution in [0.15, 0.2) is 24.3 Å². The normalized spacial score (nSPS) is 18.2. The molecule has 1 amide bonds. The van der Waals surface area contributed by atoms with Crippen LogP contribution in [-0.2, 0) is 4.79 Å². The van der Waals surface area contributed by atoms with Crippen molar-refractivity contribution >= 4 is 5.91 Å². The largest absolute Gasteiger partial charge is 0.350 e. The molecule has 0 aromatic heterocycles. The SMILES string of the molecule is Cc1ccc(C(C)NC(=O)CC(N)C2CC2)cc1. The number of amides is 1. The van der Waals surface area contributed by atoms with Crippen LogP contribution in [-0.4, -0.2) is 11.9 Å². The topological polar surface area (TPSA) is 55.1 Å². The fraction of sp³-hybridized carbons (Fsp3) is 0.533. The number of carbonyl (C=O) groups is 1. The Bertz CT molecular complexity index is 409. The zero-order chi connectivity index (χ0) is 13.1. The smallest absolute Gasteiger partial charge is 0.222 e. The van der Waals surface area contributed by atoms with Crippen molar-refractivity contribution in [2.75, 3.05) is 0 Å². The zero-order valence-corrected chi connectivity index (χ0v) is 11.1. The predicted molar refractivity (Wildman–Crippen MR) is 73.1 cm³/mol. The van der Waals surface area contributed by atoms with E-state index in [0.717, 1.165) is 5.56 Å². The van der Waals surface area contributed by atoms with Crippen molar-refractivity contribution in [3.63, 3.8) is 0 Å². The Morgan fingerprint density at radius 1 is 1.39 bits per heavy atom. The fourth-order valence-electron chi connectivity index (χ4n) is 2.14. The van der Waals surface area contributed by atoms with Gasteiger partial charge in [-0.1, -0.05) is 29.8 Å². The second kappa shape index (κ2) is 5.53. The van der Waals surface area contributed by atoms with E-state index in [1.54, 1.807) is 0 Å². The molecule has 1 fully saturated rings. The van der Waals surface area contributed by atoms with Crippen molar-refractivity contribution < 1.29 is 4.79 Å². The van der Waals surface area contributed by atoms with Crippen molar-refractivity contribution in [1.82, 2.24) is 5.32 Å². The second-order valence-corrected chi connectivity index (χ2v) is 5.41. The maximum absolute atomic E-state index is 11.8. The van der Waals surface area contributed by atoms with Crippen LogP contribution in [0.3, 0.4) is 0 Å². The van der Waals surface area contributed by atoms with E-state index in [-0.39, 0.29) is 18.0 Å². The minimum Gasteiger partial charge on any atom is -0.350 e. The molecule has 1 aliphatic rings. The Balaban J connectivity index is 1.84. The Kier molecular flexibility index (Phi) is 4.02. The van der Waals surface area contributed by atoms with Crippen LogP contribution in [0, 0.1) is 12.8 Å². The molecule has 3 heteroatoms. The van der Waals surface area contributed by atoms with Crippen LogP contribution in [0.2, 0.25) is 0 Å². The lowest BCUT2D eigenvalue weighted by Gasteiger charge is -2.16. The molecule has 18 heavy (non-hydrogen) atoms. The van der Waals surface area contributed by atoms with Crippen LogP contribution in [0.1, 0.15) is 43.4 Å². The van der Waals surface area contributed by atoms with Crippen LogP contribution in [0.5, 0.6) is 0 Å². The molecule has 98 valence electrons. The average Bonchev–Trinajstić information content (AvgIpc) is 3.13. The van der Waals surface area contributed by atoms with Crippen molar-refractivity contribution in [3.05, 3.63) is 35.4 Å². The molecular weight excluding hydrogens is 224 g/mol. The Hall–Kier alpha value is -1.35. The van der Waals surface area contributed by atoms with Gasteiger partial charge in [0.1, 0.15) is 0 Å². The molecule has 0 radical (unpaired) electrons. The first-order valence-corrected chi connectivity index (χ1v) is 6.68. The number of nitrogens with two attached hydrogens (primary N) is 1. The summed E-state index contributed by atoms with van der Waals surface area (Å²) in [4.78, 5) is 11.8. The van der Waals surface area contributed by atoms with Crippen molar-refractivity contribution in [3.8, 4) is 0 Å². The van der Waals surface area contributed by atoms with E-state index in [9.17, 15) is 4.79 Å². The summed E-state index contributed by atoms with van der Waals surface area (Å²) in [5.74, 6) is 0.632. The molecule has 1 aliphatic carbocycles. The molecule has 1 saturated carbocycles. The predicted octanol–water partition coefficient (Wildman–Crippen LogP) is 2.30. The molecule has 2 atom stereocenters. The van der Waals surface area contributed by atoms with Crippen LogP contribution >= 0.6 is 0 Å². The molecular formula is C15H22N2O. The van der Waals surface area contributed by atoms with Crippen LogP contribution < -0.4 is 11.1 Å². The third-order valence-corrected chi connectivity index (χ3v) is 3.60. The Morgan fingerprint density at radius 3 is 2.56 bits per heavy atom. The molecule has 1 aromatic rings. The molecule has 2 rings (SSSR count). The molecule has 0 spiro atoms. The summed E-state index contributed by atoms with van der Waals surface area (Å²) in [6.45, 7) is 4.06. The highest BCUT2D eigenvalue weighted by Gasteiger charge is 2.29. The lowest BCUT2D eigenvalue weighted by Crippen LogP contribution is -2.34. The second-order valence-electron chi connectivity index (χ2n) is 5.41. The van der Waals surface area contributed by atoms with Gasteiger partial charge in [0.25, 0.3) is 0 Å². The van der Waals surface area contributed by atoms with E-state index >= 15 is 0 Å². The van der Waals surface area contributed by atoms with E-state index in [0.29, 0.717) is 12.3 Å². The summed E-state index contributed by atoms with van der Waals surface area (Å²) in [6.07, 6.45) is 2.81. The van der Waals surface area contributed by atoms with Gasteiger partial charge in [-0.2, -0.15) is 0 Å². The van der Waals surface area contributed by atoms with Gasteiger partial charge in [-0.25, -0.2) is 0 Å². The molecule has 0 bridgehead atoms. The summed E-state index contributed by atoms with van der Waals surface area (Å²) in [7, 11) is 0. The van der Waals surface area contributed by atoms with Crippen molar-refractivity contribution in [2.45, 2.75) is 45.2 Å². The first kappa shape index (κ1) is 13.1. The third kappa shape index (κ3) is 3.57. The number of aryl methyl sites for hydroxylation is 1. The molecule has 3 N–H and O–H groups in total. The molecule has 0 saturated heterocycles. The zero-order valence-electron chi connectivity index (χ0n) is 11.1. The third-order valence-electron chi connectivity index (χ3n) is 3.60. The average molecular weight is 246 g/mol. The highest BCUT2D eigenvalue weighted by molar-refractivity contribution is 5.77. The van der Waals surface area contributed by atoms with Crippen LogP contribution in [0.25, 0.3) is 0 Å². The number of hydrogen-bond donors (Lipinski definition) is 2. The molecule has 2 unspecified atom stereocenters. The van der Waals surface area contributed by atoms with E-state index in [1.807, 2.05) is 6.92 Å². The maximum atomic E-state index is 11.8. The van der Waals surface area contributed by atoms with Gasteiger partial charge in [0.05, 0.1) is 6.04 Å². The van der Waals surface area contributed by atoms with Gasteiger partial charge in [-0.3, -0.25) is 4.79 Å². The van der Waals surface area contributed by atoms with Gasteiger partial charge in [-0.05, 0) is 38.2 Å². The van der Waals surface area contributed by atoms with E-state index < -0.39 is 0 Å². The van der Waals surface area contributed by atoms with Crippen molar-refractivity contribution in [1.29, 1.82) is 0 Å². The molecule has 0 aliphatic heterocycles. The Morgan fingerprint density at radius 2 is 2.00 bits per heavy atom. The first-order valence-electron chi connectivity index (χ1n) is 6.68. The lowest BCUT2D eigenvalue weighted by molar-refractivity contribution is -0.122. The van der Waals surface area contributed by atoms with E-state index in [4.69, 9.17) is 5.73 Å². The van der Waals surface area contributed by atoms with E-state index in [1.165, 1.54) is 18.4 Å². The van der Waals surface area contributed by atoms with Gasteiger partial charge in [0.2, 0.25) is 5.91 Å². The minimum atomic E-state index is 0.0372. The van der Waals surface area contributed by atoms with Crippen LogP contribution in [0.4, 0.5) is 0 Å². The lowest BCUT2D eigenvalue weighted by atomic mass is 10.1. The number of rotatable bonds is 5. The van der Waals surface area contributed by atoms with E-state index in [2.05, 4.69) is 36.5 Å². The van der Waals surface area contributed by atoms with Gasteiger partial charge in [0.15, 0.2) is 0 Å². The summed E-state index contributed by atoms with van der Waals surface area (Å²) >= 11 is 0. The number of hydrogen-bond acceptors (Lipinski definition) is 2. The van der Waals surface area contributed by atoms with Crippen molar-refractivity contribution in [2.24, 2.45) is 11.7 Å². The number of carbonyl (C=O) groups excluding carboxylic acids is 1. The highest BCUT2D eigenvalue weighted by Crippen LogP contribution is 2.32. The fourth-order valence-corrected chi connectivity index (χ4v) is 2.14. The molecule has 1 aromatic carbocycles. The first-order chi connectivity index (χ1) is 8.56. The van der Waals surface area contributed by atoms with Gasteiger partial charge >= 0.3 is 0 Å². The summed E-state index contributed by atoms with van der Waals surface area (Å²) in [6, 6.07) is 8.32. The Labute approximate surface area is 109 Å². The van der Waals surface area contributed by atoms with Gasteiger partial charge in [0, 0.05) is 12.5 Å². The quantitative estimate of drug-likeness (QED) is 0.837. The monoisotopic (exact) mass is 246 g/mol. The summed E-state index contributed by atoms with van der Waals surface area (Å²) in [5.41, 5.74) is 8.32. The molecule has 0 heterocycles. The highest BCUT2D eigenvalue weighted by atomic mass is 16.1. The number of benzene rings is 1. The van der Waals surface area contributed by atoms with Gasteiger partial charge in [-0.15, -0.1) is 0 Å². The molecule has 3 nitrogen and oxygen atoms in total. The summed E-state index contributed by atoms with van der Waals surface area (Å²) in [5, 5.41) is 3.01.